The van der Waals surface area contributed by atoms with Crippen molar-refractivity contribution in [1.29, 1.82) is 0 Å². The molecule has 1 heterocycles. The molecular weight excluding hydrogens is 314 g/mol. The van der Waals surface area contributed by atoms with Crippen LogP contribution in [0.1, 0.15) is 11.1 Å². The van der Waals surface area contributed by atoms with Crippen LogP contribution in [0.2, 0.25) is 0 Å². The molecule has 0 N–H and O–H groups in total. The summed E-state index contributed by atoms with van der Waals surface area (Å²) in [4.78, 5) is 4.64. The van der Waals surface area contributed by atoms with Crippen LogP contribution in [0.5, 0.6) is 0 Å². The number of hydrogen-bond acceptors (Lipinski definition) is 1. The van der Waals surface area contributed by atoms with Crippen LogP contribution in [0.25, 0.3) is 22.4 Å². The number of benzene rings is 3. The zero-order valence-electron chi connectivity index (χ0n) is 14.3. The number of nitrogens with zero attached hydrogens (tertiary/aromatic N) is 1. The molecule has 0 bridgehead atoms. The largest absolute Gasteiger partial charge is 0.255 e. The minimum absolute atomic E-state index is 0.912. The molecule has 0 aliphatic rings. The smallest absolute Gasteiger partial charge is 0.0864 e. The lowest BCUT2D eigenvalue weighted by Gasteiger charge is -2.10. The lowest BCUT2D eigenvalue weighted by atomic mass is 9.96. The molecular formula is C25H17N. The first-order valence-electron chi connectivity index (χ1n) is 8.59. The summed E-state index contributed by atoms with van der Waals surface area (Å²) in [7, 11) is 0. The molecule has 1 aromatic heterocycles. The summed E-state index contributed by atoms with van der Waals surface area (Å²) in [6, 6.07) is 32.6. The van der Waals surface area contributed by atoms with E-state index in [1.165, 1.54) is 0 Å². The predicted octanol–water partition coefficient (Wildman–Crippen LogP) is 5.82. The van der Waals surface area contributed by atoms with Crippen LogP contribution in [-0.2, 0) is 0 Å². The van der Waals surface area contributed by atoms with Crippen LogP contribution in [0, 0.1) is 11.8 Å². The molecule has 0 saturated carbocycles. The maximum atomic E-state index is 4.64. The summed E-state index contributed by atoms with van der Waals surface area (Å²) in [5.74, 6) is 6.67. The van der Waals surface area contributed by atoms with Crippen LogP contribution in [0.15, 0.2) is 103 Å². The molecule has 122 valence electrons. The average molecular weight is 331 g/mol. The Balaban J connectivity index is 1.92. The van der Waals surface area contributed by atoms with Gasteiger partial charge in [0.1, 0.15) is 0 Å². The molecule has 4 aromatic rings. The second-order valence-electron chi connectivity index (χ2n) is 5.93. The highest BCUT2D eigenvalue weighted by Gasteiger charge is 2.11. The Hall–Kier alpha value is -3.63. The van der Waals surface area contributed by atoms with Gasteiger partial charge in [0.25, 0.3) is 0 Å². The van der Waals surface area contributed by atoms with E-state index < -0.39 is 0 Å². The van der Waals surface area contributed by atoms with Crippen LogP contribution < -0.4 is 0 Å². The van der Waals surface area contributed by atoms with E-state index in [0.29, 0.717) is 0 Å². The number of rotatable bonds is 2. The van der Waals surface area contributed by atoms with Crippen molar-refractivity contribution < 1.29 is 0 Å². The molecule has 1 heteroatoms. The van der Waals surface area contributed by atoms with Gasteiger partial charge in [0, 0.05) is 22.9 Å². The molecule has 0 radical (unpaired) electrons. The fourth-order valence-corrected chi connectivity index (χ4v) is 2.92. The highest BCUT2D eigenvalue weighted by atomic mass is 14.7. The molecule has 0 unspecified atom stereocenters. The van der Waals surface area contributed by atoms with Gasteiger partial charge in [-0.15, -0.1) is 0 Å². The first-order valence-corrected chi connectivity index (χ1v) is 8.59. The molecule has 26 heavy (non-hydrogen) atoms. The second kappa shape index (κ2) is 7.51. The number of pyridine rings is 1. The summed E-state index contributed by atoms with van der Waals surface area (Å²) >= 11 is 0. The van der Waals surface area contributed by atoms with Gasteiger partial charge >= 0.3 is 0 Å². The van der Waals surface area contributed by atoms with E-state index in [0.717, 1.165) is 33.5 Å². The van der Waals surface area contributed by atoms with E-state index in [1.54, 1.807) is 0 Å². The summed E-state index contributed by atoms with van der Waals surface area (Å²) < 4.78 is 0. The highest BCUT2D eigenvalue weighted by molar-refractivity contribution is 5.80. The van der Waals surface area contributed by atoms with Gasteiger partial charge in [-0.3, -0.25) is 4.98 Å². The summed E-state index contributed by atoms with van der Waals surface area (Å²) in [6.45, 7) is 0. The van der Waals surface area contributed by atoms with E-state index in [1.807, 2.05) is 79.0 Å². The van der Waals surface area contributed by atoms with E-state index in [9.17, 15) is 0 Å². The van der Waals surface area contributed by atoms with Crippen LogP contribution in [-0.4, -0.2) is 4.98 Å². The van der Waals surface area contributed by atoms with Gasteiger partial charge in [-0.1, -0.05) is 90.7 Å². The van der Waals surface area contributed by atoms with Crippen LogP contribution in [0.4, 0.5) is 0 Å². The maximum absolute atomic E-state index is 4.64. The van der Waals surface area contributed by atoms with Crippen molar-refractivity contribution in [2.24, 2.45) is 0 Å². The minimum Gasteiger partial charge on any atom is -0.255 e. The summed E-state index contributed by atoms with van der Waals surface area (Å²) in [5.41, 5.74) is 6.17. The molecule has 0 amide bonds. The number of hydrogen-bond donors (Lipinski definition) is 0. The molecule has 0 spiro atoms. The Kier molecular flexibility index (Phi) is 4.58. The molecule has 0 aliphatic carbocycles. The molecule has 3 aromatic carbocycles. The fourth-order valence-electron chi connectivity index (χ4n) is 2.92. The molecule has 1 nitrogen and oxygen atoms in total. The van der Waals surface area contributed by atoms with Crippen molar-refractivity contribution in [3.8, 4) is 34.2 Å². The Morgan fingerprint density at radius 2 is 1.12 bits per heavy atom. The van der Waals surface area contributed by atoms with E-state index in [2.05, 4.69) is 41.1 Å². The monoisotopic (exact) mass is 331 g/mol. The number of aromatic nitrogens is 1. The van der Waals surface area contributed by atoms with Crippen molar-refractivity contribution in [3.05, 3.63) is 114 Å². The van der Waals surface area contributed by atoms with Gasteiger partial charge in [-0.05, 0) is 23.8 Å². The van der Waals surface area contributed by atoms with Gasteiger partial charge in [-0.25, -0.2) is 0 Å². The first-order chi connectivity index (χ1) is 12.9. The third-order valence-corrected chi connectivity index (χ3v) is 4.19. The summed E-state index contributed by atoms with van der Waals surface area (Å²) in [6.07, 6.45) is 1.86. The molecule has 0 saturated heterocycles. The van der Waals surface area contributed by atoms with Gasteiger partial charge in [-0.2, -0.15) is 0 Å². The van der Waals surface area contributed by atoms with Crippen molar-refractivity contribution in [3.63, 3.8) is 0 Å². The molecule has 0 atom stereocenters. The first kappa shape index (κ1) is 15.9. The van der Waals surface area contributed by atoms with Gasteiger partial charge < -0.3 is 0 Å². The Bertz CT molecular complexity index is 999. The third-order valence-electron chi connectivity index (χ3n) is 4.19. The van der Waals surface area contributed by atoms with Crippen molar-refractivity contribution in [1.82, 2.24) is 4.98 Å². The molecule has 4 rings (SSSR count). The lowest BCUT2D eigenvalue weighted by molar-refractivity contribution is 1.31. The van der Waals surface area contributed by atoms with E-state index in [4.69, 9.17) is 0 Å². The quantitative estimate of drug-likeness (QED) is 0.422. The van der Waals surface area contributed by atoms with E-state index >= 15 is 0 Å². The van der Waals surface area contributed by atoms with E-state index in [-0.39, 0.29) is 0 Å². The van der Waals surface area contributed by atoms with Crippen molar-refractivity contribution in [2.45, 2.75) is 0 Å². The SMILES string of the molecule is C(#Cc1c(-c2ccccc2)ccnc1-c1ccccc1)c1ccccc1. The fraction of sp³-hybridized carbons (Fsp3) is 0. The normalized spacial score (nSPS) is 10.0. The maximum Gasteiger partial charge on any atom is 0.0864 e. The van der Waals surface area contributed by atoms with Gasteiger partial charge in [0.05, 0.1) is 11.3 Å². The Labute approximate surface area is 154 Å². The Morgan fingerprint density at radius 3 is 1.77 bits per heavy atom. The van der Waals surface area contributed by atoms with Crippen molar-refractivity contribution >= 4 is 0 Å². The topological polar surface area (TPSA) is 12.9 Å². The standard InChI is InChI=1S/C25H17N/c1-4-10-20(11-5-1)16-17-24-23(21-12-6-2-7-13-21)18-19-26-25(24)22-14-8-3-9-15-22/h1-15,18-19H. The summed E-state index contributed by atoms with van der Waals surface area (Å²) in [5, 5.41) is 0. The zero-order chi connectivity index (χ0) is 17.6. The highest BCUT2D eigenvalue weighted by Crippen LogP contribution is 2.30. The minimum atomic E-state index is 0.912. The van der Waals surface area contributed by atoms with Crippen LogP contribution in [0.3, 0.4) is 0 Å². The molecule has 0 fully saturated rings. The Morgan fingerprint density at radius 1 is 0.538 bits per heavy atom. The third kappa shape index (κ3) is 3.41. The predicted molar refractivity (Wildman–Crippen MR) is 108 cm³/mol. The van der Waals surface area contributed by atoms with Crippen LogP contribution >= 0.6 is 0 Å². The lowest BCUT2D eigenvalue weighted by Crippen LogP contribution is -1.93. The van der Waals surface area contributed by atoms with Gasteiger partial charge in [0.15, 0.2) is 0 Å². The van der Waals surface area contributed by atoms with Crippen molar-refractivity contribution in [2.75, 3.05) is 0 Å². The zero-order valence-corrected chi connectivity index (χ0v) is 14.3. The van der Waals surface area contributed by atoms with Gasteiger partial charge in [0.2, 0.25) is 0 Å². The second-order valence-corrected chi connectivity index (χ2v) is 5.93. The molecule has 0 aliphatic heterocycles. The average Bonchev–Trinajstić information content (AvgIpc) is 2.74.